The second kappa shape index (κ2) is 10.2. The summed E-state index contributed by atoms with van der Waals surface area (Å²) in [5.41, 5.74) is -4.02. The zero-order chi connectivity index (χ0) is 30.9. The Hall–Kier alpha value is -2.11. The first kappa shape index (κ1) is 31.3. The number of allylic oxidation sites excluding steroid dienone is 1. The lowest BCUT2D eigenvalue weighted by Gasteiger charge is -2.58. The first-order chi connectivity index (χ1) is 19.5. The minimum atomic E-state index is -5.94. The van der Waals surface area contributed by atoms with Crippen LogP contribution in [0.5, 0.6) is 5.75 Å². The molecule has 0 saturated heterocycles. The van der Waals surface area contributed by atoms with Crippen LogP contribution in [0.3, 0.4) is 0 Å². The normalized spacial score (nSPS) is 38.7. The number of nitroso groups, excluding NO2 is 1. The summed E-state index contributed by atoms with van der Waals surface area (Å²) in [7, 11) is 1.55. The van der Waals surface area contributed by atoms with Gasteiger partial charge in [-0.05, 0) is 79.5 Å². The largest absolute Gasteiger partial charge is 0.508 e. The van der Waals surface area contributed by atoms with Crippen molar-refractivity contribution in [1.82, 2.24) is 0 Å². The monoisotopic (exact) mass is 601 g/mol. The van der Waals surface area contributed by atoms with E-state index in [0.717, 1.165) is 11.1 Å². The summed E-state index contributed by atoms with van der Waals surface area (Å²) in [5.74, 6) is -7.85. The van der Waals surface area contributed by atoms with Crippen molar-refractivity contribution in [2.75, 3.05) is 13.7 Å². The fourth-order valence-electron chi connectivity index (χ4n) is 8.91. The van der Waals surface area contributed by atoms with Gasteiger partial charge in [0.2, 0.25) is 0 Å². The van der Waals surface area contributed by atoms with Gasteiger partial charge in [0, 0.05) is 31.3 Å². The molecule has 4 aliphatic rings. The first-order valence-corrected chi connectivity index (χ1v) is 14.7. The molecule has 234 valence electrons. The van der Waals surface area contributed by atoms with E-state index in [4.69, 9.17) is 9.47 Å². The van der Waals surface area contributed by atoms with Crippen LogP contribution in [0.25, 0.3) is 0 Å². The molecule has 0 spiro atoms. The Morgan fingerprint density at radius 3 is 2.31 bits per heavy atom. The smallest absolute Gasteiger partial charge is 0.456 e. The van der Waals surface area contributed by atoms with Crippen molar-refractivity contribution in [1.29, 1.82) is 0 Å². The van der Waals surface area contributed by atoms with Crippen LogP contribution in [0.1, 0.15) is 83.6 Å². The Morgan fingerprint density at radius 1 is 1.07 bits per heavy atom. The van der Waals surface area contributed by atoms with Gasteiger partial charge in [0.05, 0.1) is 12.2 Å². The number of benzene rings is 1. The molecule has 0 amide bonds. The van der Waals surface area contributed by atoms with Gasteiger partial charge in [0.1, 0.15) is 5.75 Å². The maximum absolute atomic E-state index is 15.4. The molecule has 3 fully saturated rings. The molecule has 0 bridgehead atoms. The number of hydrogen-bond donors (Lipinski definition) is 2. The summed E-state index contributed by atoms with van der Waals surface area (Å²) < 4.78 is 84.4. The number of phenols is 1. The van der Waals surface area contributed by atoms with Gasteiger partial charge in [0.15, 0.2) is 11.3 Å². The highest BCUT2D eigenvalue weighted by Gasteiger charge is 2.81. The van der Waals surface area contributed by atoms with Crippen LogP contribution < -0.4 is 0 Å². The molecule has 0 heterocycles. The number of ether oxygens (including phenoxy) is 2. The fourth-order valence-corrected chi connectivity index (χ4v) is 8.91. The Kier molecular flexibility index (Phi) is 7.63. The number of phenolic OH excluding ortho intramolecular Hbond substituents is 1. The standard InChI is InChI=1S/C31H40F5NO5/c1-18(2)16-42-28(41-4)13-10-24-25-21(9-12-27(24,39)17-28)23-11-14-29(37-40,30(32,33)31(34,35)36)26(23,3)15-22(25)19-5-7-20(38)8-6-19/h5-8,18,21-23,38-39H,9-17H2,1-4H3. The molecule has 0 aromatic heterocycles. The zero-order valence-electron chi connectivity index (χ0n) is 24.4. The Balaban J connectivity index is 1.65. The molecular weight excluding hydrogens is 561 g/mol. The van der Waals surface area contributed by atoms with E-state index in [1.807, 2.05) is 13.8 Å². The molecule has 1 aromatic carbocycles. The Bertz CT molecular complexity index is 1240. The third-order valence-electron chi connectivity index (χ3n) is 10.9. The predicted octanol–water partition coefficient (Wildman–Crippen LogP) is 7.64. The van der Waals surface area contributed by atoms with E-state index in [2.05, 4.69) is 5.18 Å². The van der Waals surface area contributed by atoms with Crippen molar-refractivity contribution in [2.45, 2.75) is 107 Å². The molecule has 7 unspecified atom stereocenters. The van der Waals surface area contributed by atoms with E-state index in [1.54, 1.807) is 19.2 Å². The lowest BCUT2D eigenvalue weighted by molar-refractivity contribution is -0.320. The second-order valence-electron chi connectivity index (χ2n) is 13.5. The van der Waals surface area contributed by atoms with Gasteiger partial charge in [0.25, 0.3) is 0 Å². The second-order valence-corrected chi connectivity index (χ2v) is 13.5. The van der Waals surface area contributed by atoms with Crippen molar-refractivity contribution >= 4 is 0 Å². The highest BCUT2D eigenvalue weighted by atomic mass is 19.4. The number of rotatable bonds is 7. The minimum absolute atomic E-state index is 0.00437. The summed E-state index contributed by atoms with van der Waals surface area (Å²) in [5, 5.41) is 24.8. The number of nitrogens with zero attached hydrogens (tertiary/aromatic N) is 1. The van der Waals surface area contributed by atoms with Gasteiger partial charge in [-0.15, -0.1) is 4.91 Å². The molecule has 1 aromatic rings. The van der Waals surface area contributed by atoms with Crippen LogP contribution in [0.15, 0.2) is 40.6 Å². The van der Waals surface area contributed by atoms with E-state index in [1.165, 1.54) is 19.1 Å². The highest BCUT2D eigenvalue weighted by Crippen LogP contribution is 2.72. The third kappa shape index (κ3) is 4.43. The summed E-state index contributed by atoms with van der Waals surface area (Å²) >= 11 is 0. The van der Waals surface area contributed by atoms with E-state index in [0.29, 0.717) is 31.4 Å². The van der Waals surface area contributed by atoms with Crippen molar-refractivity contribution < 1.29 is 41.6 Å². The quantitative estimate of drug-likeness (QED) is 0.145. The average molecular weight is 602 g/mol. The van der Waals surface area contributed by atoms with E-state index >= 15 is 8.78 Å². The molecule has 42 heavy (non-hydrogen) atoms. The number of alkyl halides is 5. The minimum Gasteiger partial charge on any atom is -0.508 e. The van der Waals surface area contributed by atoms with Crippen LogP contribution in [0.2, 0.25) is 0 Å². The first-order valence-electron chi connectivity index (χ1n) is 14.7. The van der Waals surface area contributed by atoms with E-state index in [9.17, 15) is 28.3 Å². The molecule has 0 aliphatic heterocycles. The lowest BCUT2D eigenvalue weighted by atomic mass is 9.48. The molecule has 0 radical (unpaired) electrons. The molecule has 6 nitrogen and oxygen atoms in total. The zero-order valence-corrected chi connectivity index (χ0v) is 24.4. The number of methoxy groups -OCH3 is 1. The number of halogens is 5. The van der Waals surface area contributed by atoms with Crippen molar-refractivity contribution in [2.24, 2.45) is 28.3 Å². The maximum Gasteiger partial charge on any atom is 0.456 e. The van der Waals surface area contributed by atoms with Crippen LogP contribution in [0.4, 0.5) is 22.0 Å². The molecule has 4 aliphatic carbocycles. The molecule has 3 saturated carbocycles. The van der Waals surface area contributed by atoms with Crippen LogP contribution in [-0.2, 0) is 9.47 Å². The number of hydrogen-bond acceptors (Lipinski definition) is 6. The van der Waals surface area contributed by atoms with Gasteiger partial charge >= 0.3 is 12.1 Å². The Morgan fingerprint density at radius 2 is 1.74 bits per heavy atom. The van der Waals surface area contributed by atoms with Gasteiger partial charge in [-0.2, -0.15) is 22.0 Å². The van der Waals surface area contributed by atoms with Gasteiger partial charge in [-0.3, -0.25) is 0 Å². The number of aromatic hydroxyl groups is 1. The SMILES string of the molecule is COC1(OCC(C)C)CCC2=C3C(c4ccc(O)cc4)CC4(C)C(CCC4(N=O)C(F)(F)C(F)(F)F)C3CCC2(O)C1. The van der Waals surface area contributed by atoms with E-state index < -0.39 is 58.6 Å². The van der Waals surface area contributed by atoms with Crippen LogP contribution in [0, 0.1) is 28.1 Å². The van der Waals surface area contributed by atoms with Crippen molar-refractivity contribution in [3.8, 4) is 5.75 Å². The third-order valence-corrected chi connectivity index (χ3v) is 10.9. The lowest BCUT2D eigenvalue weighted by Crippen LogP contribution is -2.64. The molecule has 11 heteroatoms. The summed E-state index contributed by atoms with van der Waals surface area (Å²) in [4.78, 5) is 12.3. The van der Waals surface area contributed by atoms with Gasteiger partial charge in [-0.25, -0.2) is 0 Å². The van der Waals surface area contributed by atoms with Crippen molar-refractivity contribution in [3.05, 3.63) is 45.9 Å². The van der Waals surface area contributed by atoms with Crippen LogP contribution >= 0.6 is 0 Å². The average Bonchev–Trinajstić information content (AvgIpc) is 3.23. The number of aliphatic hydroxyl groups is 1. The Labute approximate surface area is 242 Å². The molecule has 5 rings (SSSR count). The van der Waals surface area contributed by atoms with Gasteiger partial charge < -0.3 is 19.7 Å². The summed E-state index contributed by atoms with van der Waals surface area (Å²) in [6.45, 7) is 5.83. The molecule has 2 N–H and O–H groups in total. The highest BCUT2D eigenvalue weighted by molar-refractivity contribution is 5.45. The number of fused-ring (bicyclic) bond motifs is 4. The topological polar surface area (TPSA) is 88.4 Å². The van der Waals surface area contributed by atoms with Gasteiger partial charge in [-0.1, -0.05) is 43.7 Å². The molecular formula is C31H40F5NO5. The summed E-state index contributed by atoms with van der Waals surface area (Å²) in [6, 6.07) is 6.14. The van der Waals surface area contributed by atoms with Crippen molar-refractivity contribution in [3.63, 3.8) is 0 Å². The molecule has 7 atom stereocenters. The fraction of sp³-hybridized carbons (Fsp3) is 0.742. The van der Waals surface area contributed by atoms with Crippen LogP contribution in [-0.4, -0.2) is 53.0 Å². The summed E-state index contributed by atoms with van der Waals surface area (Å²) in [6.07, 6.45) is -5.17. The van der Waals surface area contributed by atoms with E-state index in [-0.39, 0.29) is 37.4 Å². The maximum atomic E-state index is 15.4. The predicted molar refractivity (Wildman–Crippen MR) is 145 cm³/mol.